The molecule has 2 aromatic carbocycles. The molecule has 38 heavy (non-hydrogen) atoms. The van der Waals surface area contributed by atoms with Gasteiger partial charge in [-0.05, 0) is 78.8 Å². The van der Waals surface area contributed by atoms with Crippen LogP contribution in [-0.2, 0) is 38.1 Å². The third-order valence-corrected chi connectivity index (χ3v) is 8.54. The molecule has 0 unspecified atom stereocenters. The van der Waals surface area contributed by atoms with Crippen molar-refractivity contribution < 1.29 is 0 Å². The molecule has 1 aliphatic rings. The van der Waals surface area contributed by atoms with Crippen LogP contribution in [0.25, 0.3) is 22.0 Å². The molecule has 0 saturated carbocycles. The maximum Gasteiger partial charge on any atom is 0.104 e. The van der Waals surface area contributed by atoms with E-state index in [4.69, 9.17) is 4.98 Å². The first-order valence-electron chi connectivity index (χ1n) is 14.7. The van der Waals surface area contributed by atoms with Crippen LogP contribution in [-0.4, -0.2) is 9.55 Å². The van der Waals surface area contributed by atoms with Crippen LogP contribution in [0.15, 0.2) is 60.8 Å². The van der Waals surface area contributed by atoms with Crippen LogP contribution in [0.1, 0.15) is 86.9 Å². The van der Waals surface area contributed by atoms with Crippen molar-refractivity contribution in [2.75, 3.05) is 0 Å². The summed E-state index contributed by atoms with van der Waals surface area (Å²) in [6, 6.07) is 22.3. The molecule has 0 radical (unpaired) electrons. The largest absolute Gasteiger partial charge is 0.350 e. The summed E-state index contributed by atoms with van der Waals surface area (Å²) in [4.78, 5) is 5.47. The lowest BCUT2D eigenvalue weighted by atomic mass is 9.79. The van der Waals surface area contributed by atoms with E-state index >= 15 is 0 Å². The van der Waals surface area contributed by atoms with Gasteiger partial charge < -0.3 is 4.57 Å². The van der Waals surface area contributed by atoms with Crippen molar-refractivity contribution in [1.29, 1.82) is 5.26 Å². The Morgan fingerprint density at radius 3 is 2.37 bits per heavy atom. The molecule has 2 aromatic heterocycles. The second kappa shape index (κ2) is 11.6. The number of unbranched alkanes of at least 4 members (excludes halogenated alkanes) is 4. The highest BCUT2D eigenvalue weighted by atomic mass is 14.9. The molecule has 3 nitrogen and oxygen atoms in total. The molecule has 196 valence electrons. The Hall–Kier alpha value is -3.38. The summed E-state index contributed by atoms with van der Waals surface area (Å²) < 4.78 is 2.20. The number of aryl methyl sites for hydroxylation is 2. The molecule has 0 amide bonds. The molecule has 0 aliphatic heterocycles. The van der Waals surface area contributed by atoms with Crippen molar-refractivity contribution in [2.24, 2.45) is 7.05 Å². The highest BCUT2D eigenvalue weighted by Gasteiger charge is 2.43. The molecule has 5 rings (SSSR count). The SMILES string of the molecule is CCCCCc1nc2c(c(-c3ccccc3)c1CCCCC)CC[C@@]2(C#N)Cc1cn(C)c2ccccc12. The number of aromatic nitrogens is 2. The first-order valence-corrected chi connectivity index (χ1v) is 14.7. The molecule has 0 saturated heterocycles. The predicted octanol–water partition coefficient (Wildman–Crippen LogP) is 8.66. The molecule has 0 spiro atoms. The van der Waals surface area contributed by atoms with Crippen molar-refractivity contribution in [3.63, 3.8) is 0 Å². The van der Waals surface area contributed by atoms with Crippen LogP contribution in [0.2, 0.25) is 0 Å². The second-order valence-corrected chi connectivity index (χ2v) is 11.2. The Labute approximate surface area is 228 Å². The molecule has 1 aliphatic carbocycles. The predicted molar refractivity (Wildman–Crippen MR) is 158 cm³/mol. The molecule has 0 bridgehead atoms. The molecular formula is C35H41N3. The third kappa shape index (κ3) is 4.90. The minimum absolute atomic E-state index is 0.593. The summed E-state index contributed by atoms with van der Waals surface area (Å²) in [5.74, 6) is 0. The highest BCUT2D eigenvalue weighted by Crippen LogP contribution is 2.47. The van der Waals surface area contributed by atoms with Gasteiger partial charge in [-0.15, -0.1) is 0 Å². The lowest BCUT2D eigenvalue weighted by Gasteiger charge is -2.25. The van der Waals surface area contributed by atoms with E-state index in [-0.39, 0.29) is 0 Å². The minimum atomic E-state index is -0.593. The number of fused-ring (bicyclic) bond motifs is 2. The summed E-state index contributed by atoms with van der Waals surface area (Å²) in [5.41, 5.74) is 9.61. The van der Waals surface area contributed by atoms with Crippen LogP contribution >= 0.6 is 0 Å². The van der Waals surface area contributed by atoms with E-state index in [0.29, 0.717) is 6.42 Å². The van der Waals surface area contributed by atoms with Crippen molar-refractivity contribution in [2.45, 2.75) is 89.9 Å². The Kier molecular flexibility index (Phi) is 7.98. The van der Waals surface area contributed by atoms with Gasteiger partial charge in [-0.25, -0.2) is 0 Å². The number of benzene rings is 2. The quantitative estimate of drug-likeness (QED) is 0.192. The fourth-order valence-corrected chi connectivity index (χ4v) is 6.55. The van der Waals surface area contributed by atoms with Crippen LogP contribution in [0.4, 0.5) is 0 Å². The molecule has 2 heterocycles. The van der Waals surface area contributed by atoms with Gasteiger partial charge >= 0.3 is 0 Å². The number of hydrogen-bond donors (Lipinski definition) is 0. The Balaban J connectivity index is 1.68. The van der Waals surface area contributed by atoms with Crippen molar-refractivity contribution in [1.82, 2.24) is 9.55 Å². The van der Waals surface area contributed by atoms with E-state index in [1.165, 1.54) is 76.5 Å². The van der Waals surface area contributed by atoms with Gasteiger partial charge in [0.1, 0.15) is 5.41 Å². The Bertz CT molecular complexity index is 1440. The van der Waals surface area contributed by atoms with Gasteiger partial charge in [0.2, 0.25) is 0 Å². The summed E-state index contributed by atoms with van der Waals surface area (Å²) in [6.07, 6.45) is 14.0. The average Bonchev–Trinajstić information content (AvgIpc) is 3.47. The Morgan fingerprint density at radius 1 is 0.921 bits per heavy atom. The summed E-state index contributed by atoms with van der Waals surface area (Å²) >= 11 is 0. The van der Waals surface area contributed by atoms with Gasteiger partial charge in [-0.1, -0.05) is 88.1 Å². The second-order valence-electron chi connectivity index (χ2n) is 11.2. The molecule has 0 N–H and O–H groups in total. The maximum atomic E-state index is 10.8. The standard InChI is InChI=1S/C35H41N3/c1-4-6-9-18-29-31(19-10-7-5-2)37-34-30(33(29)26-15-11-8-12-16-26)21-22-35(34,25-36)23-27-24-38(3)32-20-14-13-17-28(27)32/h8,11-17,20,24H,4-7,9-10,18-19,21-23H2,1-3H3/t35-/m0/s1. The molecule has 0 fully saturated rings. The third-order valence-electron chi connectivity index (χ3n) is 8.54. The van der Waals surface area contributed by atoms with E-state index in [9.17, 15) is 5.26 Å². The summed E-state index contributed by atoms with van der Waals surface area (Å²) in [7, 11) is 2.10. The zero-order chi connectivity index (χ0) is 26.5. The number of para-hydroxylation sites is 1. The lowest BCUT2D eigenvalue weighted by Crippen LogP contribution is -2.26. The Morgan fingerprint density at radius 2 is 1.63 bits per heavy atom. The number of rotatable bonds is 11. The van der Waals surface area contributed by atoms with Gasteiger partial charge in [-0.2, -0.15) is 5.26 Å². The van der Waals surface area contributed by atoms with Gasteiger partial charge in [0, 0.05) is 29.8 Å². The van der Waals surface area contributed by atoms with E-state index < -0.39 is 5.41 Å². The fourth-order valence-electron chi connectivity index (χ4n) is 6.55. The van der Waals surface area contributed by atoms with Gasteiger partial charge in [0.25, 0.3) is 0 Å². The number of nitriles is 1. The van der Waals surface area contributed by atoms with Gasteiger partial charge in [0.15, 0.2) is 0 Å². The van der Waals surface area contributed by atoms with Crippen molar-refractivity contribution >= 4 is 10.9 Å². The first-order chi connectivity index (χ1) is 18.6. The number of pyridine rings is 1. The lowest BCUT2D eigenvalue weighted by molar-refractivity contribution is 0.527. The molecule has 4 aromatic rings. The molecule has 3 heteroatoms. The van der Waals surface area contributed by atoms with E-state index in [2.05, 4.69) is 92.3 Å². The summed E-state index contributed by atoms with van der Waals surface area (Å²) in [5, 5.41) is 12.1. The van der Waals surface area contributed by atoms with Crippen LogP contribution in [0, 0.1) is 11.3 Å². The smallest absolute Gasteiger partial charge is 0.104 e. The van der Waals surface area contributed by atoms with Gasteiger partial charge in [0.05, 0.1) is 11.8 Å². The normalized spacial score (nSPS) is 16.6. The fraction of sp³-hybridized carbons (Fsp3) is 0.429. The van der Waals surface area contributed by atoms with E-state index in [1.807, 2.05) is 0 Å². The van der Waals surface area contributed by atoms with E-state index in [1.54, 1.807) is 0 Å². The van der Waals surface area contributed by atoms with E-state index in [0.717, 1.165) is 37.8 Å². The number of hydrogen-bond acceptors (Lipinski definition) is 2. The van der Waals surface area contributed by atoms with Crippen LogP contribution in [0.5, 0.6) is 0 Å². The summed E-state index contributed by atoms with van der Waals surface area (Å²) in [6.45, 7) is 4.54. The monoisotopic (exact) mass is 503 g/mol. The molecular weight excluding hydrogens is 462 g/mol. The molecule has 1 atom stereocenters. The maximum absolute atomic E-state index is 10.8. The van der Waals surface area contributed by atoms with Crippen LogP contribution in [0.3, 0.4) is 0 Å². The average molecular weight is 504 g/mol. The zero-order valence-corrected chi connectivity index (χ0v) is 23.4. The zero-order valence-electron chi connectivity index (χ0n) is 23.4. The number of nitrogens with zero attached hydrogens (tertiary/aromatic N) is 3. The highest BCUT2D eigenvalue weighted by molar-refractivity contribution is 5.84. The topological polar surface area (TPSA) is 41.6 Å². The van der Waals surface area contributed by atoms with Gasteiger partial charge in [-0.3, -0.25) is 4.98 Å². The minimum Gasteiger partial charge on any atom is -0.350 e. The van der Waals surface area contributed by atoms with Crippen molar-refractivity contribution in [3.05, 3.63) is 88.9 Å². The first kappa shape index (κ1) is 26.2. The van der Waals surface area contributed by atoms with Crippen molar-refractivity contribution in [3.8, 4) is 17.2 Å². The van der Waals surface area contributed by atoms with Crippen LogP contribution < -0.4 is 0 Å².